The summed E-state index contributed by atoms with van der Waals surface area (Å²) in [5.41, 5.74) is 1.33. The fourth-order valence-corrected chi connectivity index (χ4v) is 3.08. The van der Waals surface area contributed by atoms with Crippen molar-refractivity contribution in [2.75, 3.05) is 11.9 Å². The number of nitrogens with one attached hydrogen (secondary N) is 3. The number of esters is 1. The molecule has 0 spiro atoms. The Balaban J connectivity index is 1.97. The normalized spacial score (nSPS) is 11.9. The van der Waals surface area contributed by atoms with Crippen LogP contribution in [0.25, 0.3) is 0 Å². The molecule has 6 nitrogen and oxygen atoms in total. The first-order valence-corrected chi connectivity index (χ1v) is 11.5. The number of halogens is 4. The summed E-state index contributed by atoms with van der Waals surface area (Å²) < 4.78 is 3.27. The highest BCUT2D eigenvalue weighted by Crippen LogP contribution is 2.29. The zero-order valence-electron chi connectivity index (χ0n) is 17.0. The smallest absolute Gasteiger partial charge is 0.338 e. The summed E-state index contributed by atoms with van der Waals surface area (Å²) >= 11 is 29.1. The number of hydrogen-bond acceptors (Lipinski definition) is 4. The first kappa shape index (κ1) is 26.5. The highest BCUT2D eigenvalue weighted by molar-refractivity contribution is 7.80. The van der Waals surface area contributed by atoms with Crippen LogP contribution >= 0.6 is 58.6 Å². The molecule has 0 aliphatic carbocycles. The Kier molecular flexibility index (Phi) is 10.3. The van der Waals surface area contributed by atoms with Gasteiger partial charge in [-0.25, -0.2) is 4.79 Å². The van der Waals surface area contributed by atoms with Gasteiger partial charge in [-0.1, -0.05) is 59.7 Å². The van der Waals surface area contributed by atoms with Crippen molar-refractivity contribution in [1.29, 1.82) is 0 Å². The van der Waals surface area contributed by atoms with E-state index in [2.05, 4.69) is 16.0 Å². The maximum Gasteiger partial charge on any atom is 0.338 e. The minimum Gasteiger partial charge on any atom is -0.462 e. The molecule has 1 amide bonds. The molecule has 2 aromatic carbocycles. The number of thiocarbonyl (C=S) groups is 1. The lowest BCUT2D eigenvalue weighted by Crippen LogP contribution is -2.56. The van der Waals surface area contributed by atoms with Crippen molar-refractivity contribution in [2.24, 2.45) is 0 Å². The summed E-state index contributed by atoms with van der Waals surface area (Å²) in [5.74, 6) is -0.883. The Hall–Kier alpha value is -1.77. The fraction of sp³-hybridized carbons (Fsp3) is 0.286. The lowest BCUT2D eigenvalue weighted by Gasteiger charge is -2.27. The number of amides is 1. The summed E-state index contributed by atoms with van der Waals surface area (Å²) in [7, 11) is 0. The van der Waals surface area contributed by atoms with E-state index in [4.69, 9.17) is 63.4 Å². The van der Waals surface area contributed by atoms with Crippen molar-refractivity contribution >= 4 is 81.3 Å². The Bertz CT molecular complexity index is 935. The Morgan fingerprint density at radius 3 is 2.16 bits per heavy atom. The molecular formula is C21H21Cl4N3O3S. The standard InChI is InChI=1S/C21H21Cl4N3O3S/c1-2-3-12-31-18(30)14-6-10-16(11-7-14)26-20(32)28-19(21(23,24)25)27-17(29)13-4-8-15(22)9-5-13/h4-11,19H,2-3,12H2,1H3,(H,27,29)(H2,26,28,32). The van der Waals surface area contributed by atoms with Gasteiger partial charge in [0.2, 0.25) is 3.79 Å². The third kappa shape index (κ3) is 8.64. The van der Waals surface area contributed by atoms with Gasteiger partial charge in [0.05, 0.1) is 12.2 Å². The van der Waals surface area contributed by atoms with Crippen LogP contribution in [0.1, 0.15) is 40.5 Å². The zero-order chi connectivity index (χ0) is 23.7. The van der Waals surface area contributed by atoms with E-state index < -0.39 is 21.8 Å². The van der Waals surface area contributed by atoms with Crippen LogP contribution in [0, 0.1) is 0 Å². The molecule has 1 atom stereocenters. The number of carbonyl (C=O) groups excluding carboxylic acids is 2. The van der Waals surface area contributed by atoms with Gasteiger partial charge in [-0.05, 0) is 67.2 Å². The predicted molar refractivity (Wildman–Crippen MR) is 134 cm³/mol. The quantitative estimate of drug-likeness (QED) is 0.132. The fourth-order valence-electron chi connectivity index (χ4n) is 2.40. The molecule has 0 heterocycles. The monoisotopic (exact) mass is 535 g/mol. The van der Waals surface area contributed by atoms with Gasteiger partial charge in [0.15, 0.2) is 5.11 Å². The Labute approximate surface area is 211 Å². The summed E-state index contributed by atoms with van der Waals surface area (Å²) in [6.07, 6.45) is 0.615. The van der Waals surface area contributed by atoms with Crippen molar-refractivity contribution < 1.29 is 14.3 Å². The second kappa shape index (κ2) is 12.5. The van der Waals surface area contributed by atoms with E-state index >= 15 is 0 Å². The second-order valence-corrected chi connectivity index (χ2v) is 9.83. The molecule has 32 heavy (non-hydrogen) atoms. The van der Waals surface area contributed by atoms with E-state index in [0.717, 1.165) is 12.8 Å². The van der Waals surface area contributed by atoms with E-state index in [1.165, 1.54) is 0 Å². The van der Waals surface area contributed by atoms with Crippen LogP contribution in [0.3, 0.4) is 0 Å². The largest absolute Gasteiger partial charge is 0.462 e. The number of unbranched alkanes of at least 4 members (excludes halogenated alkanes) is 1. The van der Waals surface area contributed by atoms with Crippen LogP contribution in [0.5, 0.6) is 0 Å². The number of hydrogen-bond donors (Lipinski definition) is 3. The number of carbonyl (C=O) groups is 2. The summed E-state index contributed by atoms with van der Waals surface area (Å²) in [6.45, 7) is 2.39. The molecule has 0 saturated carbocycles. The minimum atomic E-state index is -1.90. The molecule has 0 aliphatic heterocycles. The zero-order valence-corrected chi connectivity index (χ0v) is 20.8. The highest BCUT2D eigenvalue weighted by atomic mass is 35.6. The first-order chi connectivity index (χ1) is 15.1. The van der Waals surface area contributed by atoms with Crippen molar-refractivity contribution in [3.8, 4) is 0 Å². The van der Waals surface area contributed by atoms with Crippen LogP contribution in [0.15, 0.2) is 48.5 Å². The van der Waals surface area contributed by atoms with Gasteiger partial charge >= 0.3 is 5.97 Å². The maximum absolute atomic E-state index is 12.5. The van der Waals surface area contributed by atoms with Crippen molar-refractivity contribution in [3.63, 3.8) is 0 Å². The highest BCUT2D eigenvalue weighted by Gasteiger charge is 2.34. The molecule has 0 saturated heterocycles. The molecule has 172 valence electrons. The van der Waals surface area contributed by atoms with E-state index in [0.29, 0.717) is 28.4 Å². The molecule has 1 unspecified atom stereocenters. The topological polar surface area (TPSA) is 79.5 Å². The number of alkyl halides is 3. The first-order valence-electron chi connectivity index (χ1n) is 9.58. The van der Waals surface area contributed by atoms with Crippen LogP contribution in [-0.2, 0) is 4.74 Å². The Morgan fingerprint density at radius 2 is 1.59 bits per heavy atom. The van der Waals surface area contributed by atoms with Gasteiger partial charge < -0.3 is 20.7 Å². The molecule has 3 N–H and O–H groups in total. The molecular weight excluding hydrogens is 516 g/mol. The molecule has 2 rings (SSSR count). The van der Waals surface area contributed by atoms with Crippen LogP contribution in [0.4, 0.5) is 5.69 Å². The van der Waals surface area contributed by atoms with Gasteiger partial charge in [-0.2, -0.15) is 0 Å². The molecule has 0 bridgehead atoms. The van der Waals surface area contributed by atoms with Crippen molar-refractivity contribution in [1.82, 2.24) is 10.6 Å². The lowest BCUT2D eigenvalue weighted by molar-refractivity contribution is 0.0499. The Morgan fingerprint density at radius 1 is 1.00 bits per heavy atom. The van der Waals surface area contributed by atoms with Gasteiger partial charge in [0, 0.05) is 16.3 Å². The number of ether oxygens (including phenoxy) is 1. The lowest BCUT2D eigenvalue weighted by atomic mass is 10.2. The number of benzene rings is 2. The van der Waals surface area contributed by atoms with Crippen LogP contribution < -0.4 is 16.0 Å². The van der Waals surface area contributed by atoms with E-state index in [9.17, 15) is 9.59 Å². The SMILES string of the molecule is CCCCOC(=O)c1ccc(NC(=S)NC(NC(=O)c2ccc(Cl)cc2)C(Cl)(Cl)Cl)cc1. The van der Waals surface area contributed by atoms with Crippen LogP contribution in [-0.4, -0.2) is 33.6 Å². The van der Waals surface area contributed by atoms with E-state index in [1.807, 2.05) is 6.92 Å². The van der Waals surface area contributed by atoms with Gasteiger partial charge in [-0.3, -0.25) is 4.79 Å². The maximum atomic E-state index is 12.5. The third-order valence-electron chi connectivity index (χ3n) is 4.09. The van der Waals surface area contributed by atoms with Crippen molar-refractivity contribution in [2.45, 2.75) is 29.7 Å². The third-order valence-corrected chi connectivity index (χ3v) is 5.22. The van der Waals surface area contributed by atoms with Gasteiger partial charge in [0.1, 0.15) is 6.17 Å². The molecule has 0 fully saturated rings. The molecule has 0 radical (unpaired) electrons. The molecule has 2 aromatic rings. The van der Waals surface area contributed by atoms with E-state index in [1.54, 1.807) is 48.5 Å². The average molecular weight is 537 g/mol. The van der Waals surface area contributed by atoms with Crippen molar-refractivity contribution in [3.05, 3.63) is 64.7 Å². The number of rotatable bonds is 8. The molecule has 0 aromatic heterocycles. The molecule has 11 heteroatoms. The summed E-state index contributed by atoms with van der Waals surface area (Å²) in [6, 6.07) is 12.7. The van der Waals surface area contributed by atoms with Gasteiger partial charge in [-0.15, -0.1) is 0 Å². The summed E-state index contributed by atoms with van der Waals surface area (Å²) in [4.78, 5) is 24.4. The minimum absolute atomic E-state index is 0.0935. The summed E-state index contributed by atoms with van der Waals surface area (Å²) in [5, 5.41) is 8.83. The van der Waals surface area contributed by atoms with Gasteiger partial charge in [0.25, 0.3) is 5.91 Å². The number of anilines is 1. The van der Waals surface area contributed by atoms with E-state index in [-0.39, 0.29) is 5.11 Å². The molecule has 0 aliphatic rings. The van der Waals surface area contributed by atoms with Crippen LogP contribution in [0.2, 0.25) is 5.02 Å². The predicted octanol–water partition coefficient (Wildman–Crippen LogP) is 5.71. The second-order valence-electron chi connectivity index (χ2n) is 6.62. The average Bonchev–Trinajstić information content (AvgIpc) is 2.73.